The van der Waals surface area contributed by atoms with E-state index in [-0.39, 0.29) is 0 Å². The Morgan fingerprint density at radius 1 is 1.07 bits per heavy atom. The molecule has 1 saturated heterocycles. The van der Waals surface area contributed by atoms with Crippen LogP contribution in [0.2, 0.25) is 10.0 Å². The molecule has 1 aliphatic heterocycles. The van der Waals surface area contributed by atoms with E-state index >= 15 is 0 Å². The monoisotopic (exact) mass is 450 g/mol. The topological polar surface area (TPSA) is 91.9 Å². The Hall–Kier alpha value is -1.97. The molecule has 1 fully saturated rings. The van der Waals surface area contributed by atoms with Gasteiger partial charge in [0.05, 0.1) is 11.4 Å². The van der Waals surface area contributed by atoms with Gasteiger partial charge in [-0.1, -0.05) is 35.3 Å². The predicted octanol–water partition coefficient (Wildman–Crippen LogP) is 4.59. The van der Waals surface area contributed by atoms with Crippen LogP contribution in [-0.4, -0.2) is 37.1 Å². The van der Waals surface area contributed by atoms with E-state index in [4.69, 9.17) is 23.2 Å². The van der Waals surface area contributed by atoms with Gasteiger partial charge in [-0.15, -0.1) is 9.40 Å². The molecule has 4 rings (SSSR count). The van der Waals surface area contributed by atoms with E-state index < -0.39 is 11.4 Å². The second-order valence-corrected chi connectivity index (χ2v) is 9.03. The largest absolute Gasteiger partial charge is 0.593 e. The fourth-order valence-electron chi connectivity index (χ4n) is 3.06. The molecule has 0 radical (unpaired) electrons. The SMILES string of the molecule is [O-][S+](c1ccc(CNc2nc(Nc3cc(Cl)cc(Cl)c3)n[nH]2)cc1)N1CCCC1. The molecule has 2 aromatic carbocycles. The van der Waals surface area contributed by atoms with Crippen LogP contribution in [0.15, 0.2) is 47.4 Å². The Balaban J connectivity index is 1.32. The van der Waals surface area contributed by atoms with Crippen molar-refractivity contribution in [3.63, 3.8) is 0 Å². The first kappa shape index (κ1) is 20.3. The molecule has 1 atom stereocenters. The van der Waals surface area contributed by atoms with Gasteiger partial charge in [-0.25, -0.2) is 5.10 Å². The van der Waals surface area contributed by atoms with Crippen molar-refractivity contribution >= 4 is 52.1 Å². The number of aromatic nitrogens is 3. The third-order valence-corrected chi connectivity index (χ3v) is 6.43. The van der Waals surface area contributed by atoms with Gasteiger partial charge in [0.15, 0.2) is 4.90 Å². The molecule has 7 nitrogen and oxygen atoms in total. The Morgan fingerprint density at radius 3 is 2.45 bits per heavy atom. The minimum Gasteiger partial charge on any atom is -0.593 e. The quantitative estimate of drug-likeness (QED) is 0.456. The summed E-state index contributed by atoms with van der Waals surface area (Å²) in [6, 6.07) is 12.9. The molecule has 29 heavy (non-hydrogen) atoms. The van der Waals surface area contributed by atoms with Crippen LogP contribution in [0.5, 0.6) is 0 Å². The van der Waals surface area contributed by atoms with E-state index in [1.165, 1.54) is 0 Å². The van der Waals surface area contributed by atoms with Crippen LogP contribution in [0.4, 0.5) is 17.6 Å². The number of hydrogen-bond donors (Lipinski definition) is 3. The Bertz CT molecular complexity index is 941. The molecule has 1 aliphatic rings. The maximum atomic E-state index is 12.5. The lowest BCUT2D eigenvalue weighted by molar-refractivity contribution is 0.477. The van der Waals surface area contributed by atoms with Crippen molar-refractivity contribution in [2.45, 2.75) is 24.3 Å². The molecule has 0 spiro atoms. The smallest absolute Gasteiger partial charge is 0.248 e. The van der Waals surface area contributed by atoms with Crippen molar-refractivity contribution in [1.82, 2.24) is 19.5 Å². The molecule has 3 aromatic rings. The molecule has 1 unspecified atom stereocenters. The van der Waals surface area contributed by atoms with Crippen molar-refractivity contribution < 1.29 is 4.55 Å². The molecule has 0 bridgehead atoms. The number of aromatic amines is 1. The Kier molecular flexibility index (Phi) is 6.46. The number of rotatable bonds is 7. The summed E-state index contributed by atoms with van der Waals surface area (Å²) in [6.45, 7) is 2.37. The molecular weight excluding hydrogens is 431 g/mol. The Labute approximate surface area is 182 Å². The Morgan fingerprint density at radius 2 is 1.76 bits per heavy atom. The zero-order valence-electron chi connectivity index (χ0n) is 15.5. The van der Waals surface area contributed by atoms with Crippen LogP contribution in [0, 0.1) is 0 Å². The second kappa shape index (κ2) is 9.23. The maximum absolute atomic E-state index is 12.5. The van der Waals surface area contributed by atoms with E-state index in [1.807, 2.05) is 28.6 Å². The molecular formula is C19H20Cl2N6OS. The maximum Gasteiger partial charge on any atom is 0.248 e. The minimum atomic E-state index is -1.07. The third kappa shape index (κ3) is 5.34. The van der Waals surface area contributed by atoms with Gasteiger partial charge in [0, 0.05) is 35.4 Å². The van der Waals surface area contributed by atoms with Crippen LogP contribution in [0.3, 0.4) is 0 Å². The van der Waals surface area contributed by atoms with E-state index in [0.717, 1.165) is 36.4 Å². The highest BCUT2D eigenvalue weighted by Gasteiger charge is 2.25. The van der Waals surface area contributed by atoms with Gasteiger partial charge in [-0.05, 0) is 48.7 Å². The van der Waals surface area contributed by atoms with Crippen molar-refractivity contribution in [2.75, 3.05) is 23.7 Å². The number of hydrogen-bond acceptors (Lipinski definition) is 6. The fourth-order valence-corrected chi connectivity index (χ4v) is 4.85. The van der Waals surface area contributed by atoms with Crippen molar-refractivity contribution in [2.24, 2.45) is 0 Å². The second-order valence-electron chi connectivity index (χ2n) is 6.67. The average Bonchev–Trinajstić information content (AvgIpc) is 3.38. The van der Waals surface area contributed by atoms with Crippen molar-refractivity contribution in [1.29, 1.82) is 0 Å². The van der Waals surface area contributed by atoms with Gasteiger partial charge in [0.2, 0.25) is 11.9 Å². The summed E-state index contributed by atoms with van der Waals surface area (Å²) in [7, 11) is 0. The molecule has 1 aromatic heterocycles. The summed E-state index contributed by atoms with van der Waals surface area (Å²) in [6.07, 6.45) is 2.23. The highest BCUT2D eigenvalue weighted by Crippen LogP contribution is 2.24. The molecule has 0 aliphatic carbocycles. The normalized spacial score (nSPS) is 15.4. The van der Waals surface area contributed by atoms with E-state index in [0.29, 0.717) is 34.2 Å². The van der Waals surface area contributed by atoms with Gasteiger partial charge < -0.3 is 15.2 Å². The van der Waals surface area contributed by atoms with E-state index in [2.05, 4.69) is 25.8 Å². The molecule has 152 valence electrons. The van der Waals surface area contributed by atoms with Gasteiger partial charge in [0.1, 0.15) is 0 Å². The third-order valence-electron chi connectivity index (χ3n) is 4.49. The summed E-state index contributed by atoms with van der Waals surface area (Å²) < 4.78 is 14.5. The lowest BCUT2D eigenvalue weighted by atomic mass is 10.2. The fraction of sp³-hybridized carbons (Fsp3) is 0.263. The van der Waals surface area contributed by atoms with Gasteiger partial charge in [0.25, 0.3) is 0 Å². The summed E-state index contributed by atoms with van der Waals surface area (Å²) in [4.78, 5) is 5.18. The van der Waals surface area contributed by atoms with Gasteiger partial charge in [-0.2, -0.15) is 4.98 Å². The van der Waals surface area contributed by atoms with Crippen LogP contribution in [0.1, 0.15) is 18.4 Å². The lowest BCUT2D eigenvalue weighted by Crippen LogP contribution is -2.27. The van der Waals surface area contributed by atoms with Crippen LogP contribution >= 0.6 is 23.2 Å². The minimum absolute atomic E-state index is 0.405. The summed E-state index contributed by atoms with van der Waals surface area (Å²) in [5, 5.41) is 14.3. The first-order valence-corrected chi connectivity index (χ1v) is 11.1. The van der Waals surface area contributed by atoms with Crippen molar-refractivity contribution in [3.05, 3.63) is 58.1 Å². The first-order chi connectivity index (χ1) is 14.1. The van der Waals surface area contributed by atoms with E-state index in [1.54, 1.807) is 18.2 Å². The highest BCUT2D eigenvalue weighted by molar-refractivity contribution is 7.89. The van der Waals surface area contributed by atoms with Crippen LogP contribution in [0.25, 0.3) is 0 Å². The summed E-state index contributed by atoms with van der Waals surface area (Å²) >= 11 is 10.9. The number of benzene rings is 2. The van der Waals surface area contributed by atoms with E-state index in [9.17, 15) is 4.55 Å². The van der Waals surface area contributed by atoms with Crippen molar-refractivity contribution in [3.8, 4) is 0 Å². The molecule has 0 saturated carbocycles. The van der Waals surface area contributed by atoms with Gasteiger partial charge in [-0.3, -0.25) is 0 Å². The number of halogens is 2. The zero-order chi connectivity index (χ0) is 20.2. The number of nitrogens with zero attached hydrogens (tertiary/aromatic N) is 3. The molecule has 10 heteroatoms. The molecule has 3 N–H and O–H groups in total. The first-order valence-electron chi connectivity index (χ1n) is 9.22. The van der Waals surface area contributed by atoms with Gasteiger partial charge >= 0.3 is 0 Å². The summed E-state index contributed by atoms with van der Waals surface area (Å²) in [5.74, 6) is 0.938. The number of nitrogens with one attached hydrogen (secondary N) is 3. The standard InChI is InChI=1S/C19H20Cl2N6OS/c20-14-9-15(21)11-16(10-14)23-19-24-18(25-26-19)22-12-13-3-5-17(6-4-13)29(28)27-7-1-2-8-27/h3-6,9-11H,1-2,7-8,12H2,(H3,22,23,24,25,26). The zero-order valence-corrected chi connectivity index (χ0v) is 17.8. The average molecular weight is 451 g/mol. The number of H-pyrrole nitrogens is 1. The van der Waals surface area contributed by atoms with Crippen LogP contribution < -0.4 is 10.6 Å². The van der Waals surface area contributed by atoms with Crippen LogP contribution in [-0.2, 0) is 17.9 Å². The highest BCUT2D eigenvalue weighted by atomic mass is 35.5. The lowest BCUT2D eigenvalue weighted by Gasteiger charge is -2.18. The summed E-state index contributed by atoms with van der Waals surface area (Å²) in [5.41, 5.74) is 1.76. The number of anilines is 3. The predicted molar refractivity (Wildman–Crippen MR) is 117 cm³/mol. The molecule has 2 heterocycles. The molecule has 0 amide bonds.